The van der Waals surface area contributed by atoms with E-state index in [4.69, 9.17) is 13.3 Å². The minimum Gasteiger partial charge on any atom is -0.480 e. The molecule has 1 N–H and O–H groups in total. The van der Waals surface area contributed by atoms with Gasteiger partial charge in [0, 0.05) is 19.7 Å². The van der Waals surface area contributed by atoms with Crippen LogP contribution in [0.15, 0.2) is 60.7 Å². The van der Waals surface area contributed by atoms with Crippen molar-refractivity contribution in [2.24, 2.45) is 5.41 Å². The second kappa shape index (κ2) is 16.7. The minimum absolute atomic E-state index is 0.0197. The van der Waals surface area contributed by atoms with Gasteiger partial charge in [-0.3, -0.25) is 18.7 Å². The molecule has 2 aromatic carbocycles. The highest BCUT2D eigenvalue weighted by atomic mass is 32.2. The monoisotopic (exact) mass is 690 g/mol. The van der Waals surface area contributed by atoms with Crippen LogP contribution in [0.5, 0.6) is 0 Å². The van der Waals surface area contributed by atoms with Crippen LogP contribution < -0.4 is 0 Å². The molecule has 2 aromatic rings. The summed E-state index contributed by atoms with van der Waals surface area (Å²) in [6.07, 6.45) is 1.02. The fraction of sp³-hybridized carbons (Fsp3) is 0.600. The van der Waals surface area contributed by atoms with Gasteiger partial charge in [0.1, 0.15) is 6.54 Å². The molecule has 0 spiro atoms. The predicted molar refractivity (Wildman–Crippen MR) is 186 cm³/mol. The summed E-state index contributed by atoms with van der Waals surface area (Å²) in [5, 5.41) is 9.68. The second-order valence-electron chi connectivity index (χ2n) is 14.8. The molecule has 0 unspecified atom stereocenters. The Bertz CT molecular complexity index is 1360. The number of carbonyl (C=O) groups excluding carboxylic acids is 1. The second-order valence-corrected chi connectivity index (χ2v) is 21.3. The van der Waals surface area contributed by atoms with Gasteiger partial charge in [-0.25, -0.2) is 0 Å². The van der Waals surface area contributed by atoms with E-state index in [-0.39, 0.29) is 36.5 Å². The van der Waals surface area contributed by atoms with E-state index in [1.54, 1.807) is 0 Å². The smallest absolute Gasteiger partial charge is 0.323 e. The molecule has 0 aromatic heterocycles. The predicted octanol–water partition coefficient (Wildman–Crippen LogP) is 5.54. The Kier molecular flexibility index (Phi) is 13.8. The lowest BCUT2D eigenvalue weighted by molar-refractivity contribution is -0.145. The average molecular weight is 691 g/mol. The third kappa shape index (κ3) is 12.4. The Balaban J connectivity index is 1.57. The standard InChI is InChI=1S/C35H54N2O8SSi/c1-34(2,3)47(6,7)45-19-18-35(4,5)27-44-46(41,42)21-20-43-26-30-22-31(33(40)37(30)25-32(38)39)36(23-28-14-10-8-11-15-28)24-29-16-12-9-13-17-29/h8-17,30-31H,18-27H2,1-7H3,(H,38,39)/t30-,31-/m0/s1. The van der Waals surface area contributed by atoms with Gasteiger partial charge in [-0.2, -0.15) is 8.42 Å². The molecule has 0 saturated carbocycles. The largest absolute Gasteiger partial charge is 0.480 e. The third-order valence-electron chi connectivity index (χ3n) is 9.17. The molecule has 1 amide bonds. The number of hydrogen-bond acceptors (Lipinski definition) is 8. The lowest BCUT2D eigenvalue weighted by Gasteiger charge is -2.37. The van der Waals surface area contributed by atoms with E-state index < -0.39 is 48.4 Å². The van der Waals surface area contributed by atoms with Gasteiger partial charge in [0.05, 0.1) is 37.7 Å². The van der Waals surface area contributed by atoms with Crippen molar-refractivity contribution in [3.63, 3.8) is 0 Å². The third-order valence-corrected chi connectivity index (χ3v) is 14.9. The molecule has 1 aliphatic heterocycles. The normalized spacial score (nSPS) is 17.9. The van der Waals surface area contributed by atoms with Gasteiger partial charge in [-0.15, -0.1) is 0 Å². The van der Waals surface area contributed by atoms with Crippen LogP contribution in [0.1, 0.15) is 58.6 Å². The number of amides is 1. The average Bonchev–Trinajstić information content (AvgIpc) is 3.28. The maximum atomic E-state index is 13.7. The van der Waals surface area contributed by atoms with Gasteiger partial charge in [-0.05, 0) is 47.5 Å². The number of benzene rings is 2. The fourth-order valence-electron chi connectivity index (χ4n) is 5.15. The van der Waals surface area contributed by atoms with Crippen molar-refractivity contribution in [2.45, 2.75) is 90.8 Å². The van der Waals surface area contributed by atoms with E-state index in [0.717, 1.165) is 11.1 Å². The Morgan fingerprint density at radius 2 is 1.51 bits per heavy atom. The number of aliphatic carboxylic acids is 1. The van der Waals surface area contributed by atoms with Crippen LogP contribution in [0, 0.1) is 5.41 Å². The summed E-state index contributed by atoms with van der Waals surface area (Å²) in [7, 11) is -5.76. The highest BCUT2D eigenvalue weighted by Gasteiger charge is 2.43. The first-order valence-electron chi connectivity index (χ1n) is 16.3. The van der Waals surface area contributed by atoms with E-state index in [1.165, 1.54) is 4.90 Å². The van der Waals surface area contributed by atoms with Crippen molar-refractivity contribution in [1.82, 2.24) is 9.80 Å². The van der Waals surface area contributed by atoms with Gasteiger partial charge in [-0.1, -0.05) is 95.3 Å². The fourth-order valence-corrected chi connectivity index (χ4v) is 7.13. The van der Waals surface area contributed by atoms with Crippen LogP contribution in [0.2, 0.25) is 18.1 Å². The number of carboxylic acid groups (broad SMARTS) is 1. The lowest BCUT2D eigenvalue weighted by atomic mass is 9.91. The van der Waals surface area contributed by atoms with Crippen molar-refractivity contribution in [3.8, 4) is 0 Å². The van der Waals surface area contributed by atoms with Gasteiger partial charge in [0.15, 0.2) is 8.32 Å². The molecule has 2 atom stereocenters. The molecule has 262 valence electrons. The maximum Gasteiger partial charge on any atom is 0.323 e. The molecule has 1 heterocycles. The van der Waals surface area contributed by atoms with E-state index in [1.807, 2.05) is 74.5 Å². The van der Waals surface area contributed by atoms with E-state index in [0.29, 0.717) is 32.5 Å². The Hall–Kier alpha value is -2.61. The summed E-state index contributed by atoms with van der Waals surface area (Å²) in [5.41, 5.74) is 1.67. The highest BCUT2D eigenvalue weighted by Crippen LogP contribution is 2.37. The summed E-state index contributed by atoms with van der Waals surface area (Å²) in [4.78, 5) is 28.8. The summed E-state index contributed by atoms with van der Waals surface area (Å²) >= 11 is 0. The summed E-state index contributed by atoms with van der Waals surface area (Å²) in [6.45, 7) is 15.9. The zero-order valence-corrected chi connectivity index (χ0v) is 30.9. The first-order chi connectivity index (χ1) is 21.9. The first-order valence-corrected chi connectivity index (χ1v) is 20.8. The molecule has 0 aliphatic carbocycles. The Labute approximate surface area is 282 Å². The molecule has 12 heteroatoms. The van der Waals surface area contributed by atoms with Crippen molar-refractivity contribution in [2.75, 3.05) is 38.7 Å². The molecule has 47 heavy (non-hydrogen) atoms. The molecule has 1 saturated heterocycles. The Morgan fingerprint density at radius 3 is 2.02 bits per heavy atom. The van der Waals surface area contributed by atoms with Crippen molar-refractivity contribution < 1.29 is 36.5 Å². The molecule has 10 nitrogen and oxygen atoms in total. The number of nitrogens with zero attached hydrogens (tertiary/aromatic N) is 2. The van der Waals surface area contributed by atoms with Crippen molar-refractivity contribution in [3.05, 3.63) is 71.8 Å². The zero-order valence-electron chi connectivity index (χ0n) is 29.1. The molecule has 0 radical (unpaired) electrons. The molecule has 1 fully saturated rings. The van der Waals surface area contributed by atoms with E-state index in [9.17, 15) is 23.1 Å². The van der Waals surface area contributed by atoms with Gasteiger partial charge >= 0.3 is 5.97 Å². The van der Waals surface area contributed by atoms with Crippen molar-refractivity contribution in [1.29, 1.82) is 0 Å². The maximum absolute atomic E-state index is 13.7. The molecular formula is C35H54N2O8SSi. The van der Waals surface area contributed by atoms with Gasteiger partial charge in [0.2, 0.25) is 5.91 Å². The highest BCUT2D eigenvalue weighted by molar-refractivity contribution is 7.86. The topological polar surface area (TPSA) is 123 Å². The van der Waals surface area contributed by atoms with E-state index in [2.05, 4.69) is 38.8 Å². The van der Waals surface area contributed by atoms with Crippen LogP contribution in [0.4, 0.5) is 0 Å². The molecule has 0 bridgehead atoms. The zero-order chi connectivity index (χ0) is 34.9. The van der Waals surface area contributed by atoms with Gasteiger partial charge in [0.25, 0.3) is 10.1 Å². The SMILES string of the molecule is CC(C)(CCO[Si](C)(C)C(C)(C)C)COS(=O)(=O)CCOC[C@@H]1C[C@H](N(Cc2ccccc2)Cc2ccccc2)C(=O)N1CC(=O)O. The summed E-state index contributed by atoms with van der Waals surface area (Å²) in [6, 6.07) is 18.6. The molecule has 1 aliphatic rings. The van der Waals surface area contributed by atoms with E-state index >= 15 is 0 Å². The van der Waals surface area contributed by atoms with Crippen molar-refractivity contribution >= 4 is 30.3 Å². The number of hydrogen-bond donors (Lipinski definition) is 1. The number of carboxylic acids is 1. The molecule has 3 rings (SSSR count). The van der Waals surface area contributed by atoms with Crippen LogP contribution in [0.3, 0.4) is 0 Å². The van der Waals surface area contributed by atoms with Crippen LogP contribution in [-0.2, 0) is 46.1 Å². The van der Waals surface area contributed by atoms with Crippen LogP contribution in [0.25, 0.3) is 0 Å². The van der Waals surface area contributed by atoms with Gasteiger partial charge < -0.3 is 19.2 Å². The molecular weight excluding hydrogens is 637 g/mol. The number of likely N-dealkylation sites (tertiary alicyclic amines) is 1. The lowest BCUT2D eigenvalue weighted by Crippen LogP contribution is -2.44. The summed E-state index contributed by atoms with van der Waals surface area (Å²) < 4.78 is 42.8. The minimum atomic E-state index is -3.86. The number of carbonyl (C=O) groups is 2. The van der Waals surface area contributed by atoms with Crippen LogP contribution in [-0.4, -0.2) is 94.3 Å². The first kappa shape index (κ1) is 38.8. The number of ether oxygens (including phenoxy) is 1. The number of rotatable bonds is 19. The Morgan fingerprint density at radius 1 is 0.957 bits per heavy atom. The quantitative estimate of drug-likeness (QED) is 0.115. The van der Waals surface area contributed by atoms with Crippen LogP contribution >= 0.6 is 0 Å². The summed E-state index contributed by atoms with van der Waals surface area (Å²) in [5.74, 6) is -1.74.